The summed E-state index contributed by atoms with van der Waals surface area (Å²) in [6.45, 7) is 0.100. The van der Waals surface area contributed by atoms with Crippen LogP contribution in [0.15, 0.2) is 72.7 Å². The fourth-order valence-corrected chi connectivity index (χ4v) is 3.69. The molecule has 4 rings (SSSR count). The number of carbonyl (C=O) groups excluding carboxylic acids is 2. The van der Waals surface area contributed by atoms with Crippen LogP contribution in [0, 0.1) is 0 Å². The van der Waals surface area contributed by atoms with Crippen molar-refractivity contribution in [3.63, 3.8) is 0 Å². The maximum Gasteiger partial charge on any atom is 0.296 e. The van der Waals surface area contributed by atoms with E-state index in [1.54, 1.807) is 48.9 Å². The van der Waals surface area contributed by atoms with Gasteiger partial charge in [-0.05, 0) is 42.0 Å². The smallest absolute Gasteiger partial charge is 0.296 e. The number of hydrogen-bond acceptors (Lipinski definition) is 5. The molecule has 0 saturated carbocycles. The van der Waals surface area contributed by atoms with E-state index in [9.17, 15) is 14.7 Å². The van der Waals surface area contributed by atoms with Crippen LogP contribution in [0.3, 0.4) is 0 Å². The number of rotatable bonds is 4. The first-order chi connectivity index (χ1) is 14.5. The van der Waals surface area contributed by atoms with E-state index in [-0.39, 0.29) is 28.5 Å². The van der Waals surface area contributed by atoms with Crippen molar-refractivity contribution >= 4 is 40.7 Å². The van der Waals surface area contributed by atoms with Crippen LogP contribution in [0.4, 0.5) is 0 Å². The second-order valence-electron chi connectivity index (χ2n) is 6.66. The van der Waals surface area contributed by atoms with Crippen molar-refractivity contribution in [2.45, 2.75) is 12.6 Å². The molecular weight excluding hydrogens is 425 g/mol. The minimum absolute atomic E-state index is 0.0395. The highest BCUT2D eigenvalue weighted by Gasteiger charge is 2.46. The predicted octanol–water partition coefficient (Wildman–Crippen LogP) is 4.41. The summed E-state index contributed by atoms with van der Waals surface area (Å²) in [5, 5.41) is 11.5. The van der Waals surface area contributed by atoms with Crippen molar-refractivity contribution in [1.29, 1.82) is 0 Å². The Labute approximate surface area is 182 Å². The lowest BCUT2D eigenvalue weighted by atomic mass is 9.96. The first-order valence-corrected chi connectivity index (χ1v) is 9.76. The van der Waals surface area contributed by atoms with Crippen molar-refractivity contribution in [2.75, 3.05) is 0 Å². The Morgan fingerprint density at radius 2 is 1.87 bits per heavy atom. The number of aliphatic hydroxyl groups excluding tert-OH is 1. The van der Waals surface area contributed by atoms with Gasteiger partial charge in [0.25, 0.3) is 11.7 Å². The van der Waals surface area contributed by atoms with E-state index in [1.807, 2.05) is 0 Å². The van der Waals surface area contributed by atoms with Crippen LogP contribution in [0.25, 0.3) is 5.76 Å². The highest BCUT2D eigenvalue weighted by Crippen LogP contribution is 2.40. The zero-order valence-corrected chi connectivity index (χ0v) is 17.0. The van der Waals surface area contributed by atoms with Crippen LogP contribution in [0.5, 0.6) is 0 Å². The number of benzene rings is 1. The summed E-state index contributed by atoms with van der Waals surface area (Å²) in [6.07, 6.45) is 4.76. The van der Waals surface area contributed by atoms with Crippen LogP contribution in [-0.2, 0) is 16.1 Å². The number of aromatic nitrogens is 2. The van der Waals surface area contributed by atoms with E-state index >= 15 is 0 Å². The summed E-state index contributed by atoms with van der Waals surface area (Å²) in [5.74, 6) is -1.84. The third kappa shape index (κ3) is 3.67. The van der Waals surface area contributed by atoms with E-state index in [0.29, 0.717) is 16.3 Å². The van der Waals surface area contributed by atoms with Crippen LogP contribution >= 0.6 is 23.2 Å². The van der Waals surface area contributed by atoms with Gasteiger partial charge in [-0.15, -0.1) is 0 Å². The molecule has 1 unspecified atom stereocenters. The number of halogens is 2. The third-order valence-corrected chi connectivity index (χ3v) is 5.53. The normalized spacial score (nSPS) is 18.1. The molecule has 0 spiro atoms. The largest absolute Gasteiger partial charge is 0.507 e. The molecule has 3 heterocycles. The minimum atomic E-state index is -0.824. The van der Waals surface area contributed by atoms with Crippen molar-refractivity contribution in [3.8, 4) is 0 Å². The average Bonchev–Trinajstić information content (AvgIpc) is 3.01. The van der Waals surface area contributed by atoms with Crippen molar-refractivity contribution in [3.05, 3.63) is 99.6 Å². The fourth-order valence-electron chi connectivity index (χ4n) is 3.39. The molecule has 3 aromatic rings. The summed E-state index contributed by atoms with van der Waals surface area (Å²) < 4.78 is 0. The Balaban J connectivity index is 1.86. The number of nitrogens with zero attached hydrogens (tertiary/aromatic N) is 3. The number of aliphatic hydroxyl groups is 1. The number of Topliss-reactive ketones (excluding diaryl/α,β-unsaturated/α-hetero) is 1. The molecule has 1 aromatic carbocycles. The molecule has 1 atom stereocenters. The van der Waals surface area contributed by atoms with Crippen molar-refractivity contribution < 1.29 is 14.7 Å². The second kappa shape index (κ2) is 8.26. The molecule has 1 N–H and O–H groups in total. The molecule has 1 aliphatic heterocycles. The molecule has 1 saturated heterocycles. The van der Waals surface area contributed by atoms with Crippen molar-refractivity contribution in [1.82, 2.24) is 14.9 Å². The summed E-state index contributed by atoms with van der Waals surface area (Å²) in [5.41, 5.74) is 1.45. The molecule has 0 aliphatic carbocycles. The Morgan fingerprint density at radius 1 is 1.03 bits per heavy atom. The Bertz CT molecular complexity index is 1150. The third-order valence-electron chi connectivity index (χ3n) is 4.79. The van der Waals surface area contributed by atoms with Crippen LogP contribution in [0.2, 0.25) is 10.0 Å². The molecule has 2 aromatic heterocycles. The maximum absolute atomic E-state index is 12.9. The van der Waals surface area contributed by atoms with Gasteiger partial charge in [0, 0.05) is 24.2 Å². The Kier molecular flexibility index (Phi) is 5.53. The van der Waals surface area contributed by atoms with Gasteiger partial charge in [0.15, 0.2) is 0 Å². The van der Waals surface area contributed by atoms with Crippen LogP contribution < -0.4 is 0 Å². The summed E-state index contributed by atoms with van der Waals surface area (Å²) in [4.78, 5) is 35.6. The molecule has 150 valence electrons. The number of amides is 1. The summed E-state index contributed by atoms with van der Waals surface area (Å²) >= 11 is 12.0. The topological polar surface area (TPSA) is 83.4 Å². The number of ketones is 1. The molecule has 8 heteroatoms. The molecule has 1 fully saturated rings. The lowest BCUT2D eigenvalue weighted by molar-refractivity contribution is -0.140. The van der Waals surface area contributed by atoms with Crippen LogP contribution in [-0.4, -0.2) is 31.7 Å². The zero-order valence-electron chi connectivity index (χ0n) is 15.5. The van der Waals surface area contributed by atoms with Gasteiger partial charge in [0.1, 0.15) is 5.76 Å². The van der Waals surface area contributed by atoms with Gasteiger partial charge < -0.3 is 10.0 Å². The lowest BCUT2D eigenvalue weighted by Crippen LogP contribution is -2.29. The van der Waals surface area contributed by atoms with E-state index in [4.69, 9.17) is 23.2 Å². The Hall–Kier alpha value is -3.22. The molecule has 1 amide bonds. The molecule has 30 heavy (non-hydrogen) atoms. The quantitative estimate of drug-likeness (QED) is 0.369. The molecule has 0 radical (unpaired) electrons. The van der Waals surface area contributed by atoms with Gasteiger partial charge in [-0.3, -0.25) is 19.6 Å². The standard InChI is InChI=1S/C22H15Cl2N3O3/c23-16-7-6-13(10-17(16)24)20(28)18-19(14-4-3-8-25-11-14)27(22(30)21(18)29)12-15-5-1-2-9-26-15/h1-11,19,28H,12H2/b20-18-. The zero-order chi connectivity index (χ0) is 21.3. The second-order valence-corrected chi connectivity index (χ2v) is 7.48. The minimum Gasteiger partial charge on any atom is -0.507 e. The SMILES string of the molecule is O=C1C(=O)N(Cc2ccccn2)C(c2cccnc2)/C1=C(/O)c1ccc(Cl)c(Cl)c1. The van der Waals surface area contributed by atoms with E-state index in [1.165, 1.54) is 23.1 Å². The van der Waals surface area contributed by atoms with E-state index in [0.717, 1.165) is 0 Å². The number of carbonyl (C=O) groups is 2. The highest BCUT2D eigenvalue weighted by molar-refractivity contribution is 6.46. The first-order valence-electron chi connectivity index (χ1n) is 9.01. The van der Waals surface area contributed by atoms with Gasteiger partial charge in [-0.25, -0.2) is 0 Å². The van der Waals surface area contributed by atoms with Gasteiger partial charge >= 0.3 is 0 Å². The lowest BCUT2D eigenvalue weighted by Gasteiger charge is -2.24. The van der Waals surface area contributed by atoms with Gasteiger partial charge in [-0.2, -0.15) is 0 Å². The maximum atomic E-state index is 12.9. The average molecular weight is 440 g/mol. The summed E-state index contributed by atoms with van der Waals surface area (Å²) in [7, 11) is 0. The number of pyridine rings is 2. The van der Waals surface area contributed by atoms with E-state index < -0.39 is 17.7 Å². The number of likely N-dealkylation sites (tertiary alicyclic amines) is 1. The molecule has 1 aliphatic rings. The van der Waals surface area contributed by atoms with Crippen molar-refractivity contribution in [2.24, 2.45) is 0 Å². The molecular formula is C22H15Cl2N3O3. The molecule has 0 bridgehead atoms. The van der Waals surface area contributed by atoms with Gasteiger partial charge in [0.2, 0.25) is 0 Å². The number of hydrogen-bond donors (Lipinski definition) is 1. The monoisotopic (exact) mass is 439 g/mol. The fraction of sp³-hybridized carbons (Fsp3) is 0.0909. The summed E-state index contributed by atoms with van der Waals surface area (Å²) in [6, 6.07) is 12.5. The highest BCUT2D eigenvalue weighted by atomic mass is 35.5. The van der Waals surface area contributed by atoms with Gasteiger partial charge in [0.05, 0.1) is 33.9 Å². The molecule has 6 nitrogen and oxygen atoms in total. The van der Waals surface area contributed by atoms with E-state index in [2.05, 4.69) is 9.97 Å². The van der Waals surface area contributed by atoms with Gasteiger partial charge in [-0.1, -0.05) is 35.3 Å². The van der Waals surface area contributed by atoms with Crippen LogP contribution in [0.1, 0.15) is 22.9 Å². The predicted molar refractivity (Wildman–Crippen MR) is 113 cm³/mol. The first kappa shape index (κ1) is 20.1. The Morgan fingerprint density at radius 3 is 2.53 bits per heavy atom.